The molecule has 0 fully saturated rings. The zero-order valence-electron chi connectivity index (χ0n) is 16.6. The average Bonchev–Trinajstić information content (AvgIpc) is 2.71. The molecule has 0 aliphatic heterocycles. The van der Waals surface area contributed by atoms with Crippen LogP contribution >= 0.6 is 0 Å². The lowest BCUT2D eigenvalue weighted by Crippen LogP contribution is -2.47. The van der Waals surface area contributed by atoms with Crippen LogP contribution in [0.25, 0.3) is 11.1 Å². The van der Waals surface area contributed by atoms with Crippen LogP contribution in [0.1, 0.15) is 20.3 Å². The standard InChI is InChI=1S/C22H26N2O5/c1-16(22(27)28)24(14-13-23-17(2)25)21(26)12-15-29-20-11-7-6-10-19(20)18-8-4-3-5-9-18/h3-11,16H,12-15H2,1-2H3,(H,23,25)(H,27,28). The van der Waals surface area contributed by atoms with Gasteiger partial charge in [0.05, 0.1) is 13.0 Å². The Morgan fingerprint density at radius 1 is 1.07 bits per heavy atom. The predicted molar refractivity (Wildman–Crippen MR) is 109 cm³/mol. The van der Waals surface area contributed by atoms with Crippen LogP contribution in [0.15, 0.2) is 54.6 Å². The van der Waals surface area contributed by atoms with Crippen molar-refractivity contribution in [2.24, 2.45) is 0 Å². The number of nitrogens with one attached hydrogen (secondary N) is 1. The Hall–Kier alpha value is -3.35. The van der Waals surface area contributed by atoms with Gasteiger partial charge in [-0.3, -0.25) is 9.59 Å². The van der Waals surface area contributed by atoms with E-state index < -0.39 is 12.0 Å². The van der Waals surface area contributed by atoms with E-state index in [1.165, 1.54) is 18.7 Å². The second-order valence-electron chi connectivity index (χ2n) is 6.54. The number of carbonyl (C=O) groups excluding carboxylic acids is 2. The van der Waals surface area contributed by atoms with Crippen LogP contribution in [0.5, 0.6) is 5.75 Å². The van der Waals surface area contributed by atoms with Crippen molar-refractivity contribution in [3.8, 4) is 16.9 Å². The van der Waals surface area contributed by atoms with Gasteiger partial charge in [-0.25, -0.2) is 4.79 Å². The van der Waals surface area contributed by atoms with Gasteiger partial charge in [-0.15, -0.1) is 0 Å². The fourth-order valence-corrected chi connectivity index (χ4v) is 2.86. The Kier molecular flexibility index (Phi) is 8.21. The van der Waals surface area contributed by atoms with Crippen LogP contribution in [-0.2, 0) is 14.4 Å². The highest BCUT2D eigenvalue weighted by Gasteiger charge is 2.25. The topological polar surface area (TPSA) is 95.9 Å². The first kappa shape index (κ1) is 21.9. The minimum absolute atomic E-state index is 0.0286. The fourth-order valence-electron chi connectivity index (χ4n) is 2.86. The molecule has 0 spiro atoms. The molecule has 154 valence electrons. The molecule has 0 aliphatic rings. The van der Waals surface area contributed by atoms with E-state index in [1.807, 2.05) is 54.6 Å². The number of hydrogen-bond donors (Lipinski definition) is 2. The van der Waals surface area contributed by atoms with Crippen molar-refractivity contribution in [3.05, 3.63) is 54.6 Å². The van der Waals surface area contributed by atoms with Crippen molar-refractivity contribution in [3.63, 3.8) is 0 Å². The lowest BCUT2D eigenvalue weighted by Gasteiger charge is -2.26. The molecular weight excluding hydrogens is 372 g/mol. The van der Waals surface area contributed by atoms with Crippen molar-refractivity contribution in [2.45, 2.75) is 26.3 Å². The normalized spacial score (nSPS) is 11.4. The van der Waals surface area contributed by atoms with E-state index in [2.05, 4.69) is 5.32 Å². The SMILES string of the molecule is CC(=O)NCCN(C(=O)CCOc1ccccc1-c1ccccc1)C(C)C(=O)O. The number of carboxylic acid groups (broad SMARTS) is 1. The van der Waals surface area contributed by atoms with Gasteiger partial charge in [0.2, 0.25) is 11.8 Å². The Bertz CT molecular complexity index is 838. The smallest absolute Gasteiger partial charge is 0.326 e. The monoisotopic (exact) mass is 398 g/mol. The van der Waals surface area contributed by atoms with Gasteiger partial charge in [0.25, 0.3) is 0 Å². The quantitative estimate of drug-likeness (QED) is 0.641. The average molecular weight is 398 g/mol. The summed E-state index contributed by atoms with van der Waals surface area (Å²) in [4.78, 5) is 36.2. The number of aliphatic carboxylic acids is 1. The van der Waals surface area contributed by atoms with E-state index >= 15 is 0 Å². The highest BCUT2D eigenvalue weighted by Crippen LogP contribution is 2.29. The van der Waals surface area contributed by atoms with Crippen molar-refractivity contribution in [1.82, 2.24) is 10.2 Å². The number of carboxylic acids is 1. The van der Waals surface area contributed by atoms with Crippen molar-refractivity contribution >= 4 is 17.8 Å². The predicted octanol–water partition coefficient (Wildman–Crippen LogP) is 2.56. The van der Waals surface area contributed by atoms with Crippen LogP contribution in [0.2, 0.25) is 0 Å². The summed E-state index contributed by atoms with van der Waals surface area (Å²) in [5.74, 6) is -1.03. The molecule has 2 amide bonds. The Morgan fingerprint density at radius 2 is 1.72 bits per heavy atom. The molecule has 7 heteroatoms. The van der Waals surface area contributed by atoms with Crippen LogP contribution in [0.4, 0.5) is 0 Å². The highest BCUT2D eigenvalue weighted by molar-refractivity contribution is 5.83. The summed E-state index contributed by atoms with van der Waals surface area (Å²) in [5.41, 5.74) is 1.92. The van der Waals surface area contributed by atoms with E-state index in [-0.39, 0.29) is 37.9 Å². The molecule has 2 aromatic rings. The first-order valence-electron chi connectivity index (χ1n) is 9.44. The van der Waals surface area contributed by atoms with Gasteiger partial charge in [0.15, 0.2) is 0 Å². The molecule has 0 saturated carbocycles. The lowest BCUT2D eigenvalue weighted by atomic mass is 10.1. The summed E-state index contributed by atoms with van der Waals surface area (Å²) in [6.07, 6.45) is 0.0286. The van der Waals surface area contributed by atoms with Gasteiger partial charge in [0, 0.05) is 25.6 Å². The second kappa shape index (κ2) is 10.8. The maximum atomic E-state index is 12.6. The maximum Gasteiger partial charge on any atom is 0.326 e. The number of rotatable bonds is 10. The Morgan fingerprint density at radius 3 is 2.38 bits per heavy atom. The third-order valence-corrected chi connectivity index (χ3v) is 4.42. The van der Waals surface area contributed by atoms with Gasteiger partial charge >= 0.3 is 5.97 Å². The lowest BCUT2D eigenvalue weighted by molar-refractivity contribution is -0.149. The summed E-state index contributed by atoms with van der Waals surface area (Å²) in [7, 11) is 0. The molecule has 2 rings (SSSR count). The van der Waals surface area contributed by atoms with Crippen molar-refractivity contribution in [1.29, 1.82) is 0 Å². The molecule has 0 heterocycles. The van der Waals surface area contributed by atoms with Crippen molar-refractivity contribution < 1.29 is 24.2 Å². The Labute approximate surface area is 170 Å². The molecule has 7 nitrogen and oxygen atoms in total. The second-order valence-corrected chi connectivity index (χ2v) is 6.54. The molecule has 0 aromatic heterocycles. The maximum absolute atomic E-state index is 12.6. The minimum Gasteiger partial charge on any atom is -0.492 e. The van der Waals surface area contributed by atoms with E-state index in [9.17, 15) is 19.5 Å². The van der Waals surface area contributed by atoms with Crippen LogP contribution in [0, 0.1) is 0 Å². The molecule has 2 N–H and O–H groups in total. The number of nitrogens with zero attached hydrogens (tertiary/aromatic N) is 1. The molecule has 29 heavy (non-hydrogen) atoms. The van der Waals surface area contributed by atoms with Gasteiger partial charge in [-0.1, -0.05) is 48.5 Å². The number of hydrogen-bond acceptors (Lipinski definition) is 4. The van der Waals surface area contributed by atoms with Gasteiger partial charge in [0.1, 0.15) is 11.8 Å². The highest BCUT2D eigenvalue weighted by atomic mass is 16.5. The largest absolute Gasteiger partial charge is 0.492 e. The van der Waals surface area contributed by atoms with Crippen LogP contribution in [-0.4, -0.2) is 53.5 Å². The van der Waals surface area contributed by atoms with E-state index in [4.69, 9.17) is 4.74 Å². The zero-order chi connectivity index (χ0) is 21.2. The number of ether oxygens (including phenoxy) is 1. The summed E-state index contributed by atoms with van der Waals surface area (Å²) in [6, 6.07) is 16.3. The number of carbonyl (C=O) groups is 3. The first-order valence-corrected chi connectivity index (χ1v) is 9.44. The van der Waals surface area contributed by atoms with Gasteiger partial charge < -0.3 is 20.1 Å². The fraction of sp³-hybridized carbons (Fsp3) is 0.318. The van der Waals surface area contributed by atoms with Crippen LogP contribution < -0.4 is 10.1 Å². The minimum atomic E-state index is -1.10. The molecule has 2 aromatic carbocycles. The van der Waals surface area contributed by atoms with Gasteiger partial charge in [-0.05, 0) is 18.6 Å². The molecule has 1 unspecified atom stereocenters. The number of amides is 2. The Balaban J connectivity index is 2.00. The third kappa shape index (κ3) is 6.64. The number of benzene rings is 2. The molecule has 1 atom stereocenters. The summed E-state index contributed by atoms with van der Waals surface area (Å²) < 4.78 is 5.83. The molecular formula is C22H26N2O5. The van der Waals surface area contributed by atoms with Gasteiger partial charge in [-0.2, -0.15) is 0 Å². The molecule has 0 bridgehead atoms. The van der Waals surface area contributed by atoms with Crippen LogP contribution in [0.3, 0.4) is 0 Å². The van der Waals surface area contributed by atoms with E-state index in [0.29, 0.717) is 5.75 Å². The summed E-state index contributed by atoms with van der Waals surface area (Å²) >= 11 is 0. The molecule has 0 aliphatic carbocycles. The molecule has 0 radical (unpaired) electrons. The number of para-hydroxylation sites is 1. The summed E-state index contributed by atoms with van der Waals surface area (Å²) in [5, 5.41) is 11.8. The van der Waals surface area contributed by atoms with Crippen molar-refractivity contribution in [2.75, 3.05) is 19.7 Å². The first-order chi connectivity index (χ1) is 13.9. The summed E-state index contributed by atoms with van der Waals surface area (Å²) in [6.45, 7) is 3.24. The molecule has 0 saturated heterocycles. The van der Waals surface area contributed by atoms with E-state index in [0.717, 1.165) is 11.1 Å². The third-order valence-electron chi connectivity index (χ3n) is 4.42. The van der Waals surface area contributed by atoms with E-state index in [1.54, 1.807) is 0 Å². The zero-order valence-corrected chi connectivity index (χ0v) is 16.6.